The Morgan fingerprint density at radius 3 is 2.71 bits per heavy atom. The Bertz CT molecular complexity index is 339. The lowest BCUT2D eigenvalue weighted by Gasteiger charge is -2.03. The minimum absolute atomic E-state index is 0.0123. The molecule has 4 heteroatoms. The standard InChI is InChI=1S/C10H10BrClO2/c11-4-3-9(13)7-1-2-8(6-12)10(14)5-7/h1-2,5,14H,3-4,6H2. The van der Waals surface area contributed by atoms with Crippen LogP contribution in [0.4, 0.5) is 0 Å². The van der Waals surface area contributed by atoms with Gasteiger partial charge in [-0.2, -0.15) is 0 Å². The predicted octanol–water partition coefficient (Wildman–Crippen LogP) is 3.10. The number of Topliss-reactive ketones (excluding diaryl/α,β-unsaturated/α-hetero) is 1. The molecule has 1 aromatic rings. The molecule has 14 heavy (non-hydrogen) atoms. The Kier molecular flexibility index (Phi) is 4.42. The van der Waals surface area contributed by atoms with Crippen LogP contribution in [-0.2, 0) is 5.88 Å². The molecule has 0 aromatic heterocycles. The van der Waals surface area contributed by atoms with Crippen molar-refractivity contribution in [2.45, 2.75) is 12.3 Å². The van der Waals surface area contributed by atoms with Crippen LogP contribution >= 0.6 is 27.5 Å². The van der Waals surface area contributed by atoms with E-state index in [1.807, 2.05) is 0 Å². The van der Waals surface area contributed by atoms with Crippen LogP contribution in [0.3, 0.4) is 0 Å². The maximum atomic E-state index is 11.4. The average molecular weight is 278 g/mol. The maximum absolute atomic E-state index is 11.4. The molecule has 0 saturated heterocycles. The zero-order valence-corrected chi connectivity index (χ0v) is 9.81. The maximum Gasteiger partial charge on any atom is 0.163 e. The molecule has 0 bridgehead atoms. The SMILES string of the molecule is O=C(CCBr)c1ccc(CCl)c(O)c1. The summed E-state index contributed by atoms with van der Waals surface area (Å²) in [5.74, 6) is 0.345. The number of rotatable bonds is 4. The van der Waals surface area contributed by atoms with Gasteiger partial charge in [0.1, 0.15) is 5.75 Å². The lowest BCUT2D eigenvalue weighted by molar-refractivity contribution is 0.0989. The highest BCUT2D eigenvalue weighted by Gasteiger charge is 2.07. The summed E-state index contributed by atoms with van der Waals surface area (Å²) in [6.45, 7) is 0. The number of benzene rings is 1. The van der Waals surface area contributed by atoms with Crippen molar-refractivity contribution < 1.29 is 9.90 Å². The molecule has 1 rings (SSSR count). The number of ketones is 1. The number of aromatic hydroxyl groups is 1. The molecule has 0 amide bonds. The van der Waals surface area contributed by atoms with Crippen LogP contribution < -0.4 is 0 Å². The van der Waals surface area contributed by atoms with Gasteiger partial charge in [0.05, 0.1) is 5.88 Å². The number of hydrogen-bond acceptors (Lipinski definition) is 2. The molecule has 0 atom stereocenters. The molecule has 1 N–H and O–H groups in total. The molecule has 1 aromatic carbocycles. The van der Waals surface area contributed by atoms with Crippen LogP contribution in [0.1, 0.15) is 22.3 Å². The first-order chi connectivity index (χ1) is 6.69. The number of phenols is 1. The van der Waals surface area contributed by atoms with E-state index in [-0.39, 0.29) is 17.4 Å². The van der Waals surface area contributed by atoms with Crippen LogP contribution in [0.2, 0.25) is 0 Å². The first-order valence-corrected chi connectivity index (χ1v) is 5.81. The quantitative estimate of drug-likeness (QED) is 0.678. The second-order valence-electron chi connectivity index (χ2n) is 2.84. The lowest BCUT2D eigenvalue weighted by Crippen LogP contribution is -1.99. The van der Waals surface area contributed by atoms with Crippen molar-refractivity contribution in [1.29, 1.82) is 0 Å². The molecule has 0 unspecified atom stereocenters. The van der Waals surface area contributed by atoms with Gasteiger partial charge in [-0.3, -0.25) is 4.79 Å². The van der Waals surface area contributed by atoms with Gasteiger partial charge in [0, 0.05) is 22.9 Å². The number of alkyl halides is 2. The molecule has 76 valence electrons. The van der Waals surface area contributed by atoms with Crippen molar-refractivity contribution in [2.24, 2.45) is 0 Å². The normalized spacial score (nSPS) is 10.1. The summed E-state index contributed by atoms with van der Waals surface area (Å²) in [5, 5.41) is 10.1. The predicted molar refractivity (Wildman–Crippen MR) is 60.4 cm³/mol. The summed E-state index contributed by atoms with van der Waals surface area (Å²) in [6, 6.07) is 4.81. The molecule has 0 spiro atoms. The second-order valence-corrected chi connectivity index (χ2v) is 3.90. The van der Waals surface area contributed by atoms with E-state index in [1.165, 1.54) is 6.07 Å². The zero-order valence-electron chi connectivity index (χ0n) is 7.46. The Morgan fingerprint density at radius 1 is 1.50 bits per heavy atom. The molecule has 0 radical (unpaired) electrons. The second kappa shape index (κ2) is 5.37. The minimum Gasteiger partial charge on any atom is -0.508 e. The van der Waals surface area contributed by atoms with Gasteiger partial charge in [-0.15, -0.1) is 11.6 Å². The van der Waals surface area contributed by atoms with Gasteiger partial charge in [-0.1, -0.05) is 28.1 Å². The molecule has 0 aliphatic rings. The first kappa shape index (κ1) is 11.5. The first-order valence-electron chi connectivity index (χ1n) is 4.16. The van der Waals surface area contributed by atoms with Gasteiger partial charge in [0.2, 0.25) is 0 Å². The van der Waals surface area contributed by atoms with E-state index in [0.717, 1.165) is 0 Å². The Labute approximate surface area is 96.0 Å². The number of carbonyl (C=O) groups excluding carboxylic acids is 1. The van der Waals surface area contributed by atoms with E-state index in [9.17, 15) is 9.90 Å². The summed E-state index contributed by atoms with van der Waals surface area (Å²) in [6.07, 6.45) is 0.430. The van der Waals surface area contributed by atoms with Crippen molar-refractivity contribution in [3.05, 3.63) is 29.3 Å². The van der Waals surface area contributed by atoms with E-state index in [1.54, 1.807) is 12.1 Å². The van der Waals surface area contributed by atoms with Gasteiger partial charge in [-0.05, 0) is 6.07 Å². The fourth-order valence-corrected chi connectivity index (χ4v) is 1.67. The molecule has 2 nitrogen and oxygen atoms in total. The molecule has 0 aliphatic carbocycles. The van der Waals surface area contributed by atoms with Crippen molar-refractivity contribution in [3.8, 4) is 5.75 Å². The van der Waals surface area contributed by atoms with Crippen LogP contribution in [-0.4, -0.2) is 16.2 Å². The van der Waals surface area contributed by atoms with Gasteiger partial charge >= 0.3 is 0 Å². The fraction of sp³-hybridized carbons (Fsp3) is 0.300. The topological polar surface area (TPSA) is 37.3 Å². The summed E-state index contributed by atoms with van der Waals surface area (Å²) >= 11 is 8.76. The third-order valence-electron chi connectivity index (χ3n) is 1.87. The fourth-order valence-electron chi connectivity index (χ4n) is 1.08. The highest BCUT2D eigenvalue weighted by molar-refractivity contribution is 9.09. The highest BCUT2D eigenvalue weighted by Crippen LogP contribution is 2.21. The van der Waals surface area contributed by atoms with Gasteiger partial charge in [0.25, 0.3) is 0 Å². The number of halogens is 2. The molecule has 0 fully saturated rings. The van der Waals surface area contributed by atoms with Crippen molar-refractivity contribution in [1.82, 2.24) is 0 Å². The Hall–Kier alpha value is -0.540. The average Bonchev–Trinajstić information content (AvgIpc) is 2.18. The monoisotopic (exact) mass is 276 g/mol. The van der Waals surface area contributed by atoms with Crippen molar-refractivity contribution >= 4 is 33.3 Å². The highest BCUT2D eigenvalue weighted by atomic mass is 79.9. The molecular formula is C10H10BrClO2. The van der Waals surface area contributed by atoms with E-state index >= 15 is 0 Å². The summed E-state index contributed by atoms with van der Waals surface area (Å²) in [4.78, 5) is 11.4. The summed E-state index contributed by atoms with van der Waals surface area (Å²) < 4.78 is 0. The van der Waals surface area contributed by atoms with Crippen LogP contribution in [0.25, 0.3) is 0 Å². The summed E-state index contributed by atoms with van der Waals surface area (Å²) in [7, 11) is 0. The van der Waals surface area contributed by atoms with Gasteiger partial charge in [-0.25, -0.2) is 0 Å². The number of carbonyl (C=O) groups is 1. The van der Waals surface area contributed by atoms with Crippen molar-refractivity contribution in [2.75, 3.05) is 5.33 Å². The van der Waals surface area contributed by atoms with Crippen LogP contribution in [0.5, 0.6) is 5.75 Å². The molecule has 0 heterocycles. The zero-order chi connectivity index (χ0) is 10.6. The van der Waals surface area contributed by atoms with E-state index in [4.69, 9.17) is 11.6 Å². The third kappa shape index (κ3) is 2.72. The smallest absolute Gasteiger partial charge is 0.163 e. The third-order valence-corrected chi connectivity index (χ3v) is 2.56. The molecular weight excluding hydrogens is 267 g/mol. The summed E-state index contributed by atoms with van der Waals surface area (Å²) in [5.41, 5.74) is 1.16. The number of phenolic OH excluding ortho intramolecular Hbond substituents is 1. The molecule has 0 saturated carbocycles. The van der Waals surface area contributed by atoms with Crippen LogP contribution in [0, 0.1) is 0 Å². The van der Waals surface area contributed by atoms with E-state index in [0.29, 0.717) is 22.9 Å². The van der Waals surface area contributed by atoms with Crippen LogP contribution in [0.15, 0.2) is 18.2 Å². The van der Waals surface area contributed by atoms with E-state index in [2.05, 4.69) is 15.9 Å². The lowest BCUT2D eigenvalue weighted by atomic mass is 10.1. The Morgan fingerprint density at radius 2 is 2.21 bits per heavy atom. The van der Waals surface area contributed by atoms with E-state index < -0.39 is 0 Å². The number of hydrogen-bond donors (Lipinski definition) is 1. The minimum atomic E-state index is 0.0123. The molecule has 0 aliphatic heterocycles. The largest absolute Gasteiger partial charge is 0.508 e. The van der Waals surface area contributed by atoms with Gasteiger partial charge in [0.15, 0.2) is 5.78 Å². The van der Waals surface area contributed by atoms with Gasteiger partial charge < -0.3 is 5.11 Å². The Balaban J connectivity index is 2.91. The van der Waals surface area contributed by atoms with Crippen molar-refractivity contribution in [3.63, 3.8) is 0 Å².